The summed E-state index contributed by atoms with van der Waals surface area (Å²) >= 11 is 0. The minimum Gasteiger partial charge on any atom is -0.459 e. The van der Waals surface area contributed by atoms with E-state index in [-0.39, 0.29) is 6.61 Å². The summed E-state index contributed by atoms with van der Waals surface area (Å²) in [4.78, 5) is 12.5. The summed E-state index contributed by atoms with van der Waals surface area (Å²) in [6, 6.07) is 8.63. The van der Waals surface area contributed by atoms with Crippen molar-refractivity contribution in [1.82, 2.24) is 0 Å². The van der Waals surface area contributed by atoms with E-state index in [1.807, 2.05) is 0 Å². The van der Waals surface area contributed by atoms with Crippen LogP contribution in [0.3, 0.4) is 0 Å². The number of aliphatic hydroxyl groups is 7. The topological polar surface area (TPSA) is 196 Å². The van der Waals surface area contributed by atoms with Gasteiger partial charge in [-0.15, -0.1) is 0 Å². The molecule has 1 aromatic carbocycles. The molecule has 0 aromatic heterocycles. The number of esters is 1. The van der Waals surface area contributed by atoms with E-state index in [2.05, 4.69) is 0 Å². The molecule has 1 aromatic rings. The fourth-order valence-corrected chi connectivity index (χ4v) is 2.99. The zero-order valence-corrected chi connectivity index (χ0v) is 17.4. The van der Waals surface area contributed by atoms with Gasteiger partial charge in [0.05, 0.1) is 19.8 Å². The third-order valence-electron chi connectivity index (χ3n) is 4.97. The Morgan fingerprint density at radius 2 is 1.69 bits per heavy atom. The van der Waals surface area contributed by atoms with Crippen molar-refractivity contribution in [2.75, 3.05) is 19.8 Å². The molecule has 1 aliphatic heterocycles. The van der Waals surface area contributed by atoms with Crippen molar-refractivity contribution in [3.8, 4) is 0 Å². The predicted octanol–water partition coefficient (Wildman–Crippen LogP) is -3.01. The SMILES string of the molecule is C[C@@H](O)[C@@](CO)(OC(CO)CO)OC1OC(C(=O)OCc2ccccc2)C(O)C(O)C1O. The summed E-state index contributed by atoms with van der Waals surface area (Å²) in [7, 11) is 0. The molecule has 12 nitrogen and oxygen atoms in total. The summed E-state index contributed by atoms with van der Waals surface area (Å²) < 4.78 is 21.1. The summed E-state index contributed by atoms with van der Waals surface area (Å²) in [6.07, 6.45) is -12.2. The van der Waals surface area contributed by atoms with Crippen molar-refractivity contribution in [3.63, 3.8) is 0 Å². The fourth-order valence-electron chi connectivity index (χ4n) is 2.99. The Kier molecular flexibility index (Phi) is 9.91. The molecule has 7 atom stereocenters. The molecule has 1 aliphatic rings. The molecule has 0 saturated carbocycles. The van der Waals surface area contributed by atoms with Crippen LogP contribution >= 0.6 is 0 Å². The summed E-state index contributed by atoms with van der Waals surface area (Å²) in [5, 5.41) is 69.1. The molecule has 0 radical (unpaired) electrons. The lowest BCUT2D eigenvalue weighted by Crippen LogP contribution is -2.64. The van der Waals surface area contributed by atoms with Gasteiger partial charge in [-0.3, -0.25) is 0 Å². The number of carbonyl (C=O) groups is 1. The minimum absolute atomic E-state index is 0.150. The third-order valence-corrected chi connectivity index (χ3v) is 4.97. The lowest BCUT2D eigenvalue weighted by atomic mass is 9.98. The van der Waals surface area contributed by atoms with Gasteiger partial charge in [-0.25, -0.2) is 4.79 Å². The van der Waals surface area contributed by atoms with Gasteiger partial charge in [-0.1, -0.05) is 30.3 Å². The summed E-state index contributed by atoms with van der Waals surface area (Å²) in [5.74, 6) is -3.38. The summed E-state index contributed by atoms with van der Waals surface area (Å²) in [5.41, 5.74) is 0.653. The maximum absolute atomic E-state index is 12.5. The molecular formula is C20H30O12. The maximum atomic E-state index is 12.5. The molecular weight excluding hydrogens is 432 g/mol. The van der Waals surface area contributed by atoms with Gasteiger partial charge in [-0.2, -0.15) is 0 Å². The Labute approximate surface area is 184 Å². The van der Waals surface area contributed by atoms with Crippen molar-refractivity contribution in [3.05, 3.63) is 35.9 Å². The molecule has 1 fully saturated rings. The highest BCUT2D eigenvalue weighted by Crippen LogP contribution is 2.30. The molecule has 2 rings (SSSR count). The van der Waals surface area contributed by atoms with E-state index in [1.54, 1.807) is 30.3 Å². The molecule has 0 amide bonds. The van der Waals surface area contributed by atoms with Crippen LogP contribution in [-0.2, 0) is 30.3 Å². The van der Waals surface area contributed by atoms with Crippen LogP contribution in [0.15, 0.2) is 30.3 Å². The van der Waals surface area contributed by atoms with Crippen molar-refractivity contribution in [1.29, 1.82) is 0 Å². The normalized spacial score (nSPS) is 28.8. The maximum Gasteiger partial charge on any atom is 0.338 e. The number of rotatable bonds is 11. The largest absolute Gasteiger partial charge is 0.459 e. The van der Waals surface area contributed by atoms with Crippen LogP contribution in [0.2, 0.25) is 0 Å². The van der Waals surface area contributed by atoms with Gasteiger partial charge in [0.1, 0.15) is 37.1 Å². The zero-order chi connectivity index (χ0) is 23.9. The zero-order valence-electron chi connectivity index (χ0n) is 17.4. The predicted molar refractivity (Wildman–Crippen MR) is 105 cm³/mol. The number of hydrogen-bond acceptors (Lipinski definition) is 12. The Morgan fingerprint density at radius 1 is 1.06 bits per heavy atom. The van der Waals surface area contributed by atoms with Crippen molar-refractivity contribution in [2.45, 2.75) is 62.2 Å². The van der Waals surface area contributed by atoms with Crippen LogP contribution in [0.1, 0.15) is 12.5 Å². The van der Waals surface area contributed by atoms with Gasteiger partial charge in [0, 0.05) is 0 Å². The Bertz CT molecular complexity index is 697. The van der Waals surface area contributed by atoms with Gasteiger partial charge in [0.2, 0.25) is 5.79 Å². The van der Waals surface area contributed by atoms with Gasteiger partial charge >= 0.3 is 5.97 Å². The highest BCUT2D eigenvalue weighted by atomic mass is 16.8. The molecule has 1 heterocycles. The lowest BCUT2D eigenvalue weighted by molar-refractivity contribution is -0.397. The third kappa shape index (κ3) is 6.20. The Morgan fingerprint density at radius 3 is 2.22 bits per heavy atom. The first-order valence-corrected chi connectivity index (χ1v) is 9.95. The fraction of sp³-hybridized carbons (Fsp3) is 0.650. The van der Waals surface area contributed by atoms with E-state index < -0.39 is 74.5 Å². The van der Waals surface area contributed by atoms with E-state index in [9.17, 15) is 40.5 Å². The van der Waals surface area contributed by atoms with E-state index in [0.29, 0.717) is 5.56 Å². The number of aliphatic hydroxyl groups excluding tert-OH is 7. The molecule has 0 bridgehead atoms. The van der Waals surface area contributed by atoms with E-state index in [1.165, 1.54) is 0 Å². The second-order valence-corrected chi connectivity index (χ2v) is 7.36. The van der Waals surface area contributed by atoms with Crippen LogP contribution < -0.4 is 0 Å². The van der Waals surface area contributed by atoms with Crippen LogP contribution in [0.5, 0.6) is 0 Å². The van der Waals surface area contributed by atoms with E-state index in [4.69, 9.17) is 18.9 Å². The lowest BCUT2D eigenvalue weighted by Gasteiger charge is -2.44. The molecule has 32 heavy (non-hydrogen) atoms. The monoisotopic (exact) mass is 462 g/mol. The van der Waals surface area contributed by atoms with Crippen LogP contribution in [-0.4, -0.2) is 110 Å². The highest BCUT2D eigenvalue weighted by Gasteiger charge is 2.52. The number of ether oxygens (including phenoxy) is 4. The average Bonchev–Trinajstić information content (AvgIpc) is 2.80. The van der Waals surface area contributed by atoms with Gasteiger partial charge in [0.25, 0.3) is 0 Å². The van der Waals surface area contributed by atoms with Crippen LogP contribution in [0.4, 0.5) is 0 Å². The van der Waals surface area contributed by atoms with E-state index >= 15 is 0 Å². The van der Waals surface area contributed by atoms with Gasteiger partial charge < -0.3 is 54.7 Å². The molecule has 0 spiro atoms. The van der Waals surface area contributed by atoms with Crippen LogP contribution in [0, 0.1) is 0 Å². The van der Waals surface area contributed by atoms with Crippen molar-refractivity contribution in [2.24, 2.45) is 0 Å². The quantitative estimate of drug-likeness (QED) is 0.130. The number of benzene rings is 1. The average molecular weight is 462 g/mol. The van der Waals surface area contributed by atoms with Gasteiger partial charge in [-0.05, 0) is 12.5 Å². The molecule has 5 unspecified atom stereocenters. The second-order valence-electron chi connectivity index (χ2n) is 7.36. The first kappa shape index (κ1) is 26.5. The van der Waals surface area contributed by atoms with Crippen molar-refractivity contribution >= 4 is 5.97 Å². The Balaban J connectivity index is 2.17. The molecule has 1 saturated heterocycles. The van der Waals surface area contributed by atoms with Crippen molar-refractivity contribution < 1.29 is 59.5 Å². The first-order valence-electron chi connectivity index (χ1n) is 9.95. The van der Waals surface area contributed by atoms with Crippen LogP contribution in [0.25, 0.3) is 0 Å². The number of carbonyl (C=O) groups excluding carboxylic acids is 1. The van der Waals surface area contributed by atoms with Gasteiger partial charge in [0.15, 0.2) is 12.4 Å². The smallest absolute Gasteiger partial charge is 0.338 e. The molecule has 0 aliphatic carbocycles. The highest BCUT2D eigenvalue weighted by molar-refractivity contribution is 5.75. The molecule has 12 heteroatoms. The molecule has 7 N–H and O–H groups in total. The Hall–Kier alpha value is -1.71. The second kappa shape index (κ2) is 12.0. The van der Waals surface area contributed by atoms with E-state index in [0.717, 1.165) is 6.92 Å². The minimum atomic E-state index is -2.32. The standard InChI is InChI=1S/C20H30O12/c1-11(24)20(10-23,31-13(7-21)8-22)32-19-16(27)14(25)15(26)17(30-19)18(28)29-9-12-5-3-2-4-6-12/h2-6,11,13-17,19,21-27H,7-10H2,1H3/t11-,14?,15?,16?,17?,19?,20+/m1/s1. The molecule has 182 valence electrons. The first-order chi connectivity index (χ1) is 15.2. The number of hydrogen-bond donors (Lipinski definition) is 7. The summed E-state index contributed by atoms with van der Waals surface area (Å²) in [6.45, 7) is -1.40.